The molecule has 1 aromatic carbocycles. The Bertz CT molecular complexity index is 394. The molecule has 0 aromatic heterocycles. The number of fused-ring (bicyclic) bond motifs is 1. The predicted octanol–water partition coefficient (Wildman–Crippen LogP) is 2.29. The molecule has 0 fully saturated rings. The van der Waals surface area contributed by atoms with Crippen molar-refractivity contribution in [3.63, 3.8) is 0 Å². The molecule has 17 heavy (non-hydrogen) atoms. The monoisotopic (exact) mass is 302 g/mol. The van der Waals surface area contributed by atoms with Gasteiger partial charge in [-0.3, -0.25) is 0 Å². The zero-order valence-electron chi connectivity index (χ0n) is 9.61. The molecule has 1 unspecified atom stereocenters. The maximum Gasteiger partial charge on any atom is 0.175 e. The third-order valence-electron chi connectivity index (χ3n) is 2.48. The third-order valence-corrected chi connectivity index (χ3v) is 3.07. The Kier molecular flexibility index (Phi) is 4.25. The Morgan fingerprint density at radius 3 is 2.94 bits per heavy atom. The van der Waals surface area contributed by atoms with Crippen molar-refractivity contribution >= 4 is 15.9 Å². The van der Waals surface area contributed by atoms with Crippen LogP contribution in [-0.4, -0.2) is 31.5 Å². The Morgan fingerprint density at radius 2 is 2.18 bits per heavy atom. The molecule has 1 N–H and O–H groups in total. The minimum Gasteiger partial charge on any atom is -0.486 e. The van der Waals surface area contributed by atoms with Gasteiger partial charge in [-0.25, -0.2) is 0 Å². The van der Waals surface area contributed by atoms with Gasteiger partial charge in [-0.2, -0.15) is 0 Å². The number of hydrogen-bond donors (Lipinski definition) is 1. The quantitative estimate of drug-likeness (QED) is 0.927. The maximum atomic E-state index is 9.94. The molecular formula is C12H15BrO4. The van der Waals surface area contributed by atoms with Gasteiger partial charge in [0, 0.05) is 6.61 Å². The van der Waals surface area contributed by atoms with Gasteiger partial charge in [0.15, 0.2) is 11.5 Å². The van der Waals surface area contributed by atoms with Crippen molar-refractivity contribution in [1.29, 1.82) is 0 Å². The van der Waals surface area contributed by atoms with Crippen LogP contribution in [0, 0.1) is 0 Å². The fraction of sp³-hybridized carbons (Fsp3) is 0.500. The number of aliphatic hydroxyl groups excluding tert-OH is 1. The van der Waals surface area contributed by atoms with E-state index in [1.165, 1.54) is 0 Å². The van der Waals surface area contributed by atoms with Crippen molar-refractivity contribution in [1.82, 2.24) is 0 Å². The van der Waals surface area contributed by atoms with Gasteiger partial charge in [-0.15, -0.1) is 0 Å². The molecule has 1 atom stereocenters. The number of hydrogen-bond acceptors (Lipinski definition) is 4. The van der Waals surface area contributed by atoms with Crippen molar-refractivity contribution in [2.45, 2.75) is 13.0 Å². The second-order valence-corrected chi connectivity index (χ2v) is 4.56. The van der Waals surface area contributed by atoms with E-state index in [4.69, 9.17) is 14.2 Å². The van der Waals surface area contributed by atoms with Crippen molar-refractivity contribution < 1.29 is 19.3 Å². The Balaban J connectivity index is 2.21. The molecule has 0 radical (unpaired) electrons. The lowest BCUT2D eigenvalue weighted by Gasteiger charge is -2.21. The highest BCUT2D eigenvalue weighted by atomic mass is 79.9. The Labute approximate surface area is 109 Å². The van der Waals surface area contributed by atoms with E-state index in [-0.39, 0.29) is 6.61 Å². The van der Waals surface area contributed by atoms with E-state index < -0.39 is 6.10 Å². The van der Waals surface area contributed by atoms with Crippen molar-refractivity contribution in [3.8, 4) is 11.5 Å². The Morgan fingerprint density at radius 1 is 1.41 bits per heavy atom. The van der Waals surface area contributed by atoms with Crippen LogP contribution in [0.4, 0.5) is 0 Å². The fourth-order valence-corrected chi connectivity index (χ4v) is 2.22. The molecule has 5 heteroatoms. The minimum absolute atomic E-state index is 0.280. The summed E-state index contributed by atoms with van der Waals surface area (Å²) in [6, 6.07) is 3.63. The first-order chi connectivity index (χ1) is 8.22. The van der Waals surface area contributed by atoms with Crippen LogP contribution in [0.2, 0.25) is 0 Å². The second-order valence-electron chi connectivity index (χ2n) is 3.70. The van der Waals surface area contributed by atoms with E-state index >= 15 is 0 Å². The molecule has 0 bridgehead atoms. The summed E-state index contributed by atoms with van der Waals surface area (Å²) in [5.41, 5.74) is 0.759. The largest absolute Gasteiger partial charge is 0.486 e. The van der Waals surface area contributed by atoms with Crippen LogP contribution < -0.4 is 9.47 Å². The first-order valence-corrected chi connectivity index (χ1v) is 6.36. The average Bonchev–Trinajstić information content (AvgIpc) is 2.36. The highest BCUT2D eigenvalue weighted by Gasteiger charge is 2.19. The molecular weight excluding hydrogens is 288 g/mol. The Hall–Kier alpha value is -0.780. The summed E-state index contributed by atoms with van der Waals surface area (Å²) in [5.74, 6) is 1.36. The standard InChI is InChI=1S/C12H15BrO4/c1-2-15-7-10(14)8-5-9(13)12-11(6-8)16-3-4-17-12/h5-6,10,14H,2-4,7H2,1H3. The van der Waals surface area contributed by atoms with Gasteiger partial charge in [-0.05, 0) is 40.5 Å². The molecule has 1 aliphatic rings. The molecule has 0 spiro atoms. The zero-order chi connectivity index (χ0) is 12.3. The lowest BCUT2D eigenvalue weighted by molar-refractivity contribution is 0.0416. The zero-order valence-corrected chi connectivity index (χ0v) is 11.2. The summed E-state index contributed by atoms with van der Waals surface area (Å²) in [4.78, 5) is 0. The molecule has 1 aliphatic heterocycles. The van der Waals surface area contributed by atoms with Gasteiger partial charge in [0.1, 0.15) is 19.3 Å². The molecule has 0 aliphatic carbocycles. The van der Waals surface area contributed by atoms with Gasteiger partial charge in [0.05, 0.1) is 11.1 Å². The lowest BCUT2D eigenvalue weighted by atomic mass is 10.1. The molecule has 1 heterocycles. The van der Waals surface area contributed by atoms with Crippen LogP contribution in [0.15, 0.2) is 16.6 Å². The highest BCUT2D eigenvalue weighted by molar-refractivity contribution is 9.10. The molecule has 0 amide bonds. The number of rotatable bonds is 4. The molecule has 2 rings (SSSR count). The fourth-order valence-electron chi connectivity index (χ4n) is 1.65. The van der Waals surface area contributed by atoms with E-state index in [1.54, 1.807) is 6.07 Å². The highest BCUT2D eigenvalue weighted by Crippen LogP contribution is 2.39. The van der Waals surface area contributed by atoms with Gasteiger partial charge >= 0.3 is 0 Å². The number of benzene rings is 1. The summed E-state index contributed by atoms with van der Waals surface area (Å²) >= 11 is 3.41. The van der Waals surface area contributed by atoms with E-state index in [1.807, 2.05) is 13.0 Å². The van der Waals surface area contributed by atoms with E-state index in [9.17, 15) is 5.11 Å². The van der Waals surface area contributed by atoms with Crippen LogP contribution >= 0.6 is 15.9 Å². The summed E-state index contributed by atoms with van der Waals surface area (Å²) in [6.07, 6.45) is -0.651. The van der Waals surface area contributed by atoms with Crippen LogP contribution in [-0.2, 0) is 4.74 Å². The van der Waals surface area contributed by atoms with Crippen molar-refractivity contribution in [2.24, 2.45) is 0 Å². The molecule has 0 saturated heterocycles. The first-order valence-electron chi connectivity index (χ1n) is 5.57. The van der Waals surface area contributed by atoms with Crippen LogP contribution in [0.5, 0.6) is 11.5 Å². The SMILES string of the molecule is CCOCC(O)c1cc(Br)c2c(c1)OCCO2. The summed E-state index contributed by atoms with van der Waals surface area (Å²) in [7, 11) is 0. The van der Waals surface area contributed by atoms with Crippen LogP contribution in [0.1, 0.15) is 18.6 Å². The average molecular weight is 303 g/mol. The molecule has 0 saturated carbocycles. The third kappa shape index (κ3) is 2.91. The first kappa shape index (κ1) is 12.7. The number of ether oxygens (including phenoxy) is 3. The van der Waals surface area contributed by atoms with E-state index in [0.717, 1.165) is 10.0 Å². The van der Waals surface area contributed by atoms with Crippen molar-refractivity contribution in [3.05, 3.63) is 22.2 Å². The van der Waals surface area contributed by atoms with Crippen LogP contribution in [0.25, 0.3) is 0 Å². The predicted molar refractivity (Wildman–Crippen MR) is 66.6 cm³/mol. The van der Waals surface area contributed by atoms with E-state index in [2.05, 4.69) is 15.9 Å². The summed E-state index contributed by atoms with van der Waals surface area (Å²) in [6.45, 7) is 3.84. The van der Waals surface area contributed by atoms with Crippen molar-refractivity contribution in [2.75, 3.05) is 26.4 Å². The van der Waals surface area contributed by atoms with Gasteiger partial charge in [-0.1, -0.05) is 0 Å². The van der Waals surface area contributed by atoms with Gasteiger partial charge in [0.25, 0.3) is 0 Å². The topological polar surface area (TPSA) is 47.9 Å². The summed E-state index contributed by atoms with van der Waals surface area (Å²) < 4.78 is 17.0. The summed E-state index contributed by atoms with van der Waals surface area (Å²) in [5, 5.41) is 9.94. The van der Waals surface area contributed by atoms with E-state index in [0.29, 0.717) is 31.3 Å². The second kappa shape index (κ2) is 5.71. The van der Waals surface area contributed by atoms with Crippen LogP contribution in [0.3, 0.4) is 0 Å². The number of aliphatic hydroxyl groups is 1. The molecule has 1 aromatic rings. The van der Waals surface area contributed by atoms with Gasteiger partial charge in [0.2, 0.25) is 0 Å². The number of halogens is 1. The molecule has 94 valence electrons. The van der Waals surface area contributed by atoms with Gasteiger partial charge < -0.3 is 19.3 Å². The molecule has 4 nitrogen and oxygen atoms in total. The normalized spacial score (nSPS) is 15.7. The smallest absolute Gasteiger partial charge is 0.175 e. The lowest BCUT2D eigenvalue weighted by Crippen LogP contribution is -2.16. The maximum absolute atomic E-state index is 9.94. The minimum atomic E-state index is -0.651.